The van der Waals surface area contributed by atoms with Crippen LogP contribution in [0.5, 0.6) is 0 Å². The van der Waals surface area contributed by atoms with Gasteiger partial charge in [-0.05, 0) is 18.1 Å². The van der Waals surface area contributed by atoms with Crippen LogP contribution in [0.2, 0.25) is 0 Å². The van der Waals surface area contributed by atoms with Crippen molar-refractivity contribution in [3.05, 3.63) is 43.2 Å². The molecule has 15 heavy (non-hydrogen) atoms. The summed E-state index contributed by atoms with van der Waals surface area (Å²) in [6.07, 6.45) is 4.28. The van der Waals surface area contributed by atoms with Crippen LogP contribution in [0.15, 0.2) is 18.2 Å². The second kappa shape index (κ2) is 4.54. The van der Waals surface area contributed by atoms with Crippen LogP contribution in [0.1, 0.15) is 22.6 Å². The number of Topliss-reactive ketones (excluding diaryl/α,β-unsaturated/α-hetero) is 1. The molecule has 1 aliphatic heterocycles. The number of aryl methyl sites for hydroxylation is 1. The molecule has 0 spiro atoms. The molecule has 0 aromatic carbocycles. The largest absolute Gasteiger partial charge is 0.435 e. The van der Waals surface area contributed by atoms with Crippen LogP contribution in [0.3, 0.4) is 0 Å². The van der Waals surface area contributed by atoms with Gasteiger partial charge in [0.25, 0.3) is 0 Å². The van der Waals surface area contributed by atoms with Gasteiger partial charge in [0, 0.05) is 39.1 Å². The van der Waals surface area contributed by atoms with Crippen molar-refractivity contribution in [2.45, 2.75) is 12.8 Å². The SMILES string of the molecule is O=C1CCc2[c-]nc3cccc1n23.[CH3-].[Y]. The predicted octanol–water partition coefficient (Wildman–Crippen LogP) is 1.71. The van der Waals surface area contributed by atoms with Crippen molar-refractivity contribution in [1.29, 1.82) is 0 Å². The van der Waals surface area contributed by atoms with Gasteiger partial charge < -0.3 is 16.8 Å². The number of aromatic nitrogens is 2. The number of pyridine rings is 1. The Balaban J connectivity index is 0.000000562. The van der Waals surface area contributed by atoms with Crippen LogP contribution < -0.4 is 0 Å². The summed E-state index contributed by atoms with van der Waals surface area (Å²) in [5.74, 6) is 0.199. The van der Waals surface area contributed by atoms with Crippen molar-refractivity contribution in [2.75, 3.05) is 0 Å². The van der Waals surface area contributed by atoms with Crippen molar-refractivity contribution < 1.29 is 37.5 Å². The number of carbonyl (C=O) groups is 1. The monoisotopic (exact) mass is 275 g/mol. The number of hydrogen-bond acceptors (Lipinski definition) is 2. The molecule has 3 nitrogen and oxygen atoms in total. The molecular weight excluding hydrogens is 265 g/mol. The van der Waals surface area contributed by atoms with Gasteiger partial charge in [-0.1, -0.05) is 11.8 Å². The van der Waals surface area contributed by atoms with Gasteiger partial charge in [0.15, 0.2) is 5.78 Å². The fourth-order valence-electron chi connectivity index (χ4n) is 1.79. The number of imidazole rings is 1. The van der Waals surface area contributed by atoms with E-state index in [1.54, 1.807) is 0 Å². The molecule has 0 N–H and O–H groups in total. The van der Waals surface area contributed by atoms with Gasteiger partial charge in [-0.25, -0.2) is 0 Å². The van der Waals surface area contributed by atoms with E-state index in [1.165, 1.54) is 0 Å². The molecule has 0 atom stereocenters. The van der Waals surface area contributed by atoms with Gasteiger partial charge in [-0.3, -0.25) is 4.79 Å². The van der Waals surface area contributed by atoms with Gasteiger partial charge in [-0.15, -0.1) is 12.3 Å². The van der Waals surface area contributed by atoms with E-state index in [1.807, 2.05) is 22.6 Å². The Hall–Kier alpha value is -0.536. The van der Waals surface area contributed by atoms with E-state index in [-0.39, 0.29) is 45.9 Å². The molecule has 0 fully saturated rings. The minimum atomic E-state index is 0. The molecular formula is C11H10N2OY-2. The van der Waals surface area contributed by atoms with Crippen LogP contribution in [-0.4, -0.2) is 15.2 Å². The average molecular weight is 275 g/mol. The van der Waals surface area contributed by atoms with Crippen LogP contribution in [0, 0.1) is 13.6 Å². The minimum absolute atomic E-state index is 0. The standard InChI is InChI=1S/C10H7N2O.CH3.Y/c13-9-5-4-7-6-11-10-3-1-2-8(9)12(7)10;;/h1-3H,4-5H2;1H3;/q2*-1;. The second-order valence-electron chi connectivity index (χ2n) is 3.20. The maximum Gasteiger partial charge on any atom is 0.178 e. The summed E-state index contributed by atoms with van der Waals surface area (Å²) < 4.78 is 1.89. The van der Waals surface area contributed by atoms with Crippen LogP contribution >= 0.6 is 0 Å². The summed E-state index contributed by atoms with van der Waals surface area (Å²) in [7, 11) is 0. The molecule has 1 radical (unpaired) electrons. The molecule has 0 bridgehead atoms. The number of hydrogen-bond donors (Lipinski definition) is 0. The molecule has 0 unspecified atom stereocenters. The molecule has 4 heteroatoms. The number of carbonyl (C=O) groups excluding carboxylic acids is 1. The van der Waals surface area contributed by atoms with E-state index in [0.717, 1.165) is 23.5 Å². The van der Waals surface area contributed by atoms with Gasteiger partial charge in [0.2, 0.25) is 0 Å². The predicted molar refractivity (Wildman–Crippen MR) is 53.1 cm³/mol. The first-order valence-electron chi connectivity index (χ1n) is 4.27. The van der Waals surface area contributed by atoms with E-state index in [4.69, 9.17) is 0 Å². The van der Waals surface area contributed by atoms with Gasteiger partial charge >= 0.3 is 0 Å². The Morgan fingerprint density at radius 2 is 2.13 bits per heavy atom. The Morgan fingerprint density at radius 1 is 1.33 bits per heavy atom. The van der Waals surface area contributed by atoms with Crippen molar-refractivity contribution in [1.82, 2.24) is 9.38 Å². The summed E-state index contributed by atoms with van der Waals surface area (Å²) in [4.78, 5) is 15.6. The molecule has 0 aliphatic carbocycles. The molecule has 2 aromatic heterocycles. The maximum atomic E-state index is 11.5. The summed E-state index contributed by atoms with van der Waals surface area (Å²) >= 11 is 0. The molecule has 2 aromatic rings. The summed E-state index contributed by atoms with van der Waals surface area (Å²) in [5, 5.41) is 0. The number of rotatable bonds is 0. The summed E-state index contributed by atoms with van der Waals surface area (Å²) in [5.41, 5.74) is 2.58. The third-order valence-corrected chi connectivity index (χ3v) is 2.41. The van der Waals surface area contributed by atoms with Crippen LogP contribution in [-0.2, 0) is 39.1 Å². The normalized spacial score (nSPS) is 13.2. The zero-order valence-electron chi connectivity index (χ0n) is 8.53. The number of ketones is 1. The minimum Gasteiger partial charge on any atom is -0.435 e. The molecule has 0 saturated heterocycles. The van der Waals surface area contributed by atoms with Gasteiger partial charge in [-0.2, -0.15) is 0 Å². The zero-order valence-corrected chi connectivity index (χ0v) is 11.4. The molecule has 3 rings (SSSR count). The molecule has 3 heterocycles. The maximum absolute atomic E-state index is 11.5. The molecule has 0 amide bonds. The molecule has 0 saturated carbocycles. The van der Waals surface area contributed by atoms with Crippen molar-refractivity contribution in [3.63, 3.8) is 0 Å². The second-order valence-corrected chi connectivity index (χ2v) is 3.20. The van der Waals surface area contributed by atoms with Crippen molar-refractivity contribution in [3.8, 4) is 0 Å². The first kappa shape index (κ1) is 12.5. The third-order valence-electron chi connectivity index (χ3n) is 2.41. The summed E-state index contributed by atoms with van der Waals surface area (Å²) in [6, 6.07) is 5.59. The van der Waals surface area contributed by atoms with E-state index >= 15 is 0 Å². The smallest absolute Gasteiger partial charge is 0.178 e. The van der Waals surface area contributed by atoms with Crippen LogP contribution in [0.25, 0.3) is 5.65 Å². The average Bonchev–Trinajstić information content (AvgIpc) is 2.57. The van der Waals surface area contributed by atoms with Crippen molar-refractivity contribution in [2.24, 2.45) is 0 Å². The fraction of sp³-hybridized carbons (Fsp3) is 0.182. The topological polar surface area (TPSA) is 34.4 Å². The first-order valence-corrected chi connectivity index (χ1v) is 4.27. The van der Waals surface area contributed by atoms with E-state index in [2.05, 4.69) is 11.2 Å². The molecule has 1 aliphatic rings. The number of nitrogens with zero attached hydrogens (tertiary/aromatic N) is 2. The quantitative estimate of drug-likeness (QED) is 0.686. The Labute approximate surface area is 114 Å². The van der Waals surface area contributed by atoms with E-state index in [0.29, 0.717) is 6.42 Å². The zero-order chi connectivity index (χ0) is 8.84. The Bertz CT molecular complexity index is 504. The van der Waals surface area contributed by atoms with Gasteiger partial charge in [0.05, 0.1) is 5.69 Å². The van der Waals surface area contributed by atoms with E-state index in [9.17, 15) is 4.79 Å². The van der Waals surface area contributed by atoms with Crippen molar-refractivity contribution >= 4 is 11.4 Å². The van der Waals surface area contributed by atoms with Gasteiger partial charge in [0.1, 0.15) is 0 Å². The van der Waals surface area contributed by atoms with Crippen LogP contribution in [0.4, 0.5) is 0 Å². The molecule has 75 valence electrons. The summed E-state index contributed by atoms with van der Waals surface area (Å²) in [6.45, 7) is 0. The Kier molecular flexibility index (Phi) is 3.79. The first-order chi connectivity index (χ1) is 6.36. The Morgan fingerprint density at radius 3 is 2.93 bits per heavy atom. The van der Waals surface area contributed by atoms with E-state index < -0.39 is 0 Å². The third kappa shape index (κ3) is 1.79. The fourth-order valence-corrected chi connectivity index (χ4v) is 1.79.